The number of amides is 1. The lowest BCUT2D eigenvalue weighted by molar-refractivity contribution is -0.155. The first-order valence-electron chi connectivity index (χ1n) is 5.31. The second-order valence-electron chi connectivity index (χ2n) is 3.67. The van der Waals surface area contributed by atoms with Crippen molar-refractivity contribution in [2.24, 2.45) is 0 Å². The summed E-state index contributed by atoms with van der Waals surface area (Å²) in [5.41, 5.74) is 5.49. The fraction of sp³-hybridized carbons (Fsp3) is 0.364. The van der Waals surface area contributed by atoms with Crippen LogP contribution in [0.3, 0.4) is 0 Å². The molecule has 1 aromatic rings. The molecule has 0 fully saturated rings. The summed E-state index contributed by atoms with van der Waals surface area (Å²) >= 11 is 0. The molecule has 1 aromatic heterocycles. The Kier molecular flexibility index (Phi) is 4.47. The Balaban J connectivity index is 2.68. The Morgan fingerprint density at radius 1 is 1.50 bits per heavy atom. The Labute approximate surface area is 104 Å². The summed E-state index contributed by atoms with van der Waals surface area (Å²) in [4.78, 5) is 34.1. The van der Waals surface area contributed by atoms with Crippen molar-refractivity contribution < 1.29 is 14.3 Å². The lowest BCUT2D eigenvalue weighted by Gasteiger charge is -2.12. The van der Waals surface area contributed by atoms with Gasteiger partial charge in [-0.15, -0.1) is 0 Å². The lowest BCUT2D eigenvalue weighted by atomic mass is 10.4. The Bertz CT molecular complexity index is 509. The monoisotopic (exact) mass is 253 g/mol. The van der Waals surface area contributed by atoms with Crippen molar-refractivity contribution in [2.75, 3.05) is 12.8 Å². The van der Waals surface area contributed by atoms with Gasteiger partial charge in [-0.1, -0.05) is 0 Å². The molecular formula is C11H15N3O4. The summed E-state index contributed by atoms with van der Waals surface area (Å²) in [5.74, 6) is -1.10. The SMILES string of the molecule is CNC(=O)C(C)OC(=O)Cn1cc(N)ccc1=O. The van der Waals surface area contributed by atoms with Gasteiger partial charge in [0.2, 0.25) is 0 Å². The van der Waals surface area contributed by atoms with Crippen molar-refractivity contribution in [3.05, 3.63) is 28.7 Å². The van der Waals surface area contributed by atoms with E-state index in [1.54, 1.807) is 0 Å². The number of aromatic nitrogens is 1. The maximum absolute atomic E-state index is 11.5. The van der Waals surface area contributed by atoms with E-state index in [4.69, 9.17) is 10.5 Å². The second kappa shape index (κ2) is 5.85. The van der Waals surface area contributed by atoms with E-state index in [0.29, 0.717) is 5.69 Å². The van der Waals surface area contributed by atoms with E-state index < -0.39 is 18.0 Å². The highest BCUT2D eigenvalue weighted by atomic mass is 16.5. The molecule has 18 heavy (non-hydrogen) atoms. The summed E-state index contributed by atoms with van der Waals surface area (Å²) in [7, 11) is 1.44. The molecular weight excluding hydrogens is 238 g/mol. The van der Waals surface area contributed by atoms with E-state index in [0.717, 1.165) is 4.57 Å². The number of nitrogens with one attached hydrogen (secondary N) is 1. The summed E-state index contributed by atoms with van der Waals surface area (Å²) in [6.07, 6.45) is 0.438. The molecule has 1 atom stereocenters. The molecule has 1 rings (SSSR count). The molecule has 0 aromatic carbocycles. The number of hydrogen-bond acceptors (Lipinski definition) is 5. The van der Waals surface area contributed by atoms with Crippen LogP contribution in [0.1, 0.15) is 6.92 Å². The van der Waals surface area contributed by atoms with Gasteiger partial charge < -0.3 is 20.4 Å². The van der Waals surface area contributed by atoms with Gasteiger partial charge in [0.05, 0.1) is 0 Å². The van der Waals surface area contributed by atoms with Gasteiger partial charge in [0, 0.05) is 25.0 Å². The van der Waals surface area contributed by atoms with Crippen LogP contribution in [0.15, 0.2) is 23.1 Å². The number of nitrogens with two attached hydrogens (primary N) is 1. The van der Waals surface area contributed by atoms with Crippen LogP contribution in [-0.4, -0.2) is 29.6 Å². The highest BCUT2D eigenvalue weighted by Crippen LogP contribution is 1.98. The average Bonchev–Trinajstić information content (AvgIpc) is 2.32. The smallest absolute Gasteiger partial charge is 0.326 e. The van der Waals surface area contributed by atoms with Crippen LogP contribution >= 0.6 is 0 Å². The van der Waals surface area contributed by atoms with Gasteiger partial charge in [-0.25, -0.2) is 0 Å². The molecule has 0 saturated carbocycles. The molecule has 7 heteroatoms. The second-order valence-corrected chi connectivity index (χ2v) is 3.67. The molecule has 1 unspecified atom stereocenters. The number of likely N-dealkylation sites (N-methyl/N-ethyl adjacent to an activating group) is 1. The maximum Gasteiger partial charge on any atom is 0.326 e. The zero-order valence-electron chi connectivity index (χ0n) is 10.2. The number of nitrogen functional groups attached to an aromatic ring is 1. The van der Waals surface area contributed by atoms with Crippen LogP contribution in [0.5, 0.6) is 0 Å². The van der Waals surface area contributed by atoms with Crippen LogP contribution in [0.2, 0.25) is 0 Å². The molecule has 3 N–H and O–H groups in total. The highest BCUT2D eigenvalue weighted by Gasteiger charge is 2.16. The molecule has 1 amide bonds. The predicted octanol–water partition coefficient (Wildman–Crippen LogP) is -0.892. The molecule has 7 nitrogen and oxygen atoms in total. The lowest BCUT2D eigenvalue weighted by Crippen LogP contribution is -2.35. The van der Waals surface area contributed by atoms with Crippen molar-refractivity contribution in [3.63, 3.8) is 0 Å². The molecule has 0 spiro atoms. The third kappa shape index (κ3) is 3.62. The minimum atomic E-state index is -0.903. The number of carbonyl (C=O) groups excluding carboxylic acids is 2. The van der Waals surface area contributed by atoms with Crippen molar-refractivity contribution in [3.8, 4) is 0 Å². The van der Waals surface area contributed by atoms with E-state index in [1.165, 1.54) is 32.3 Å². The predicted molar refractivity (Wildman–Crippen MR) is 64.7 cm³/mol. The number of ether oxygens (including phenoxy) is 1. The Morgan fingerprint density at radius 3 is 2.78 bits per heavy atom. The molecule has 0 bridgehead atoms. The summed E-state index contributed by atoms with van der Waals surface area (Å²) in [5, 5.41) is 2.35. The van der Waals surface area contributed by atoms with E-state index in [2.05, 4.69) is 5.32 Å². The summed E-state index contributed by atoms with van der Waals surface area (Å²) < 4.78 is 5.97. The fourth-order valence-electron chi connectivity index (χ4n) is 1.30. The molecule has 0 saturated heterocycles. The van der Waals surface area contributed by atoms with Gasteiger partial charge in [-0.05, 0) is 13.0 Å². The van der Waals surface area contributed by atoms with Crippen LogP contribution in [0, 0.1) is 0 Å². The topological polar surface area (TPSA) is 103 Å². The average molecular weight is 253 g/mol. The zero-order chi connectivity index (χ0) is 13.7. The summed E-state index contributed by atoms with van der Waals surface area (Å²) in [6, 6.07) is 2.70. The van der Waals surface area contributed by atoms with E-state index in [9.17, 15) is 14.4 Å². The number of carbonyl (C=O) groups is 2. The van der Waals surface area contributed by atoms with Gasteiger partial charge in [0.1, 0.15) is 6.54 Å². The van der Waals surface area contributed by atoms with Gasteiger partial charge >= 0.3 is 5.97 Å². The fourth-order valence-corrected chi connectivity index (χ4v) is 1.30. The van der Waals surface area contributed by atoms with E-state index >= 15 is 0 Å². The van der Waals surface area contributed by atoms with Crippen LogP contribution in [0.25, 0.3) is 0 Å². The third-order valence-electron chi connectivity index (χ3n) is 2.23. The Hall–Kier alpha value is -2.31. The molecule has 0 aliphatic carbocycles. The van der Waals surface area contributed by atoms with Crippen LogP contribution in [-0.2, 0) is 20.9 Å². The van der Waals surface area contributed by atoms with Crippen LogP contribution < -0.4 is 16.6 Å². The van der Waals surface area contributed by atoms with Crippen molar-refractivity contribution in [1.82, 2.24) is 9.88 Å². The minimum absolute atomic E-state index is 0.287. The van der Waals surface area contributed by atoms with Crippen molar-refractivity contribution >= 4 is 17.6 Å². The zero-order valence-corrected chi connectivity index (χ0v) is 10.2. The van der Waals surface area contributed by atoms with Crippen molar-refractivity contribution in [1.29, 1.82) is 0 Å². The standard InChI is InChI=1S/C11H15N3O4/c1-7(11(17)13-2)18-10(16)6-14-5-8(12)3-4-9(14)15/h3-5,7H,6,12H2,1-2H3,(H,13,17). The minimum Gasteiger partial charge on any atom is -0.451 e. The molecule has 0 radical (unpaired) electrons. The van der Waals surface area contributed by atoms with Gasteiger partial charge in [-0.3, -0.25) is 14.4 Å². The van der Waals surface area contributed by atoms with Gasteiger partial charge in [0.25, 0.3) is 11.5 Å². The van der Waals surface area contributed by atoms with Gasteiger partial charge in [-0.2, -0.15) is 0 Å². The van der Waals surface area contributed by atoms with Crippen molar-refractivity contribution in [2.45, 2.75) is 19.6 Å². The quantitative estimate of drug-likeness (QED) is 0.677. The molecule has 0 aliphatic heterocycles. The number of nitrogens with zero attached hydrogens (tertiary/aromatic N) is 1. The first-order chi connectivity index (χ1) is 8.43. The number of pyridine rings is 1. The van der Waals surface area contributed by atoms with Gasteiger partial charge in [0.15, 0.2) is 6.10 Å². The first-order valence-corrected chi connectivity index (χ1v) is 5.31. The molecule has 1 heterocycles. The van der Waals surface area contributed by atoms with E-state index in [-0.39, 0.29) is 12.1 Å². The number of esters is 1. The first kappa shape index (κ1) is 13.8. The normalized spacial score (nSPS) is 11.7. The van der Waals surface area contributed by atoms with E-state index in [1.807, 2.05) is 0 Å². The number of rotatable bonds is 4. The molecule has 0 aliphatic rings. The maximum atomic E-state index is 11.5. The number of hydrogen-bond donors (Lipinski definition) is 2. The third-order valence-corrected chi connectivity index (χ3v) is 2.23. The Morgan fingerprint density at radius 2 is 2.17 bits per heavy atom. The van der Waals surface area contributed by atoms with Crippen LogP contribution in [0.4, 0.5) is 5.69 Å². The number of anilines is 1. The summed E-state index contributed by atoms with van der Waals surface area (Å²) in [6.45, 7) is 1.16. The largest absolute Gasteiger partial charge is 0.451 e. The molecule has 98 valence electrons. The highest BCUT2D eigenvalue weighted by molar-refractivity contribution is 5.83.